The summed E-state index contributed by atoms with van der Waals surface area (Å²) < 4.78 is 8.32. The molecule has 2 heterocycles. The number of fused-ring (bicyclic) bond motifs is 1. The Labute approximate surface area is 112 Å². The van der Waals surface area contributed by atoms with Gasteiger partial charge >= 0.3 is 0 Å². The lowest BCUT2D eigenvalue weighted by Crippen LogP contribution is -1.98. The summed E-state index contributed by atoms with van der Waals surface area (Å²) in [5, 5.41) is 4.11. The van der Waals surface area contributed by atoms with Gasteiger partial charge in [-0.15, -0.1) is 0 Å². The minimum atomic E-state index is 0.519. The van der Waals surface area contributed by atoms with Crippen LogP contribution in [0.25, 0.3) is 5.65 Å². The molecule has 3 aromatic rings. The van der Waals surface area contributed by atoms with Gasteiger partial charge in [0.25, 0.3) is 0 Å². The summed E-state index contributed by atoms with van der Waals surface area (Å²) in [6.45, 7) is 0.519. The van der Waals surface area contributed by atoms with Gasteiger partial charge in [0.05, 0.1) is 0 Å². The van der Waals surface area contributed by atoms with Gasteiger partial charge in [-0.3, -0.25) is 0 Å². The van der Waals surface area contributed by atoms with Gasteiger partial charge in [-0.2, -0.15) is 5.10 Å². The fourth-order valence-electron chi connectivity index (χ4n) is 1.70. The number of benzene rings is 1. The first-order valence-electron chi connectivity index (χ1n) is 5.49. The van der Waals surface area contributed by atoms with Crippen molar-refractivity contribution in [3.8, 4) is 5.75 Å². The molecule has 2 aromatic heterocycles. The highest BCUT2D eigenvalue weighted by Crippen LogP contribution is 2.22. The van der Waals surface area contributed by atoms with Crippen LogP contribution in [0.3, 0.4) is 0 Å². The molecule has 0 saturated heterocycles. The molecule has 0 bridgehead atoms. The zero-order valence-electron chi connectivity index (χ0n) is 9.45. The van der Waals surface area contributed by atoms with Crippen LogP contribution in [-0.2, 0) is 6.61 Å². The summed E-state index contributed by atoms with van der Waals surface area (Å²) in [6.07, 6.45) is 1.51. The van der Waals surface area contributed by atoms with Gasteiger partial charge in [-0.1, -0.05) is 30.3 Å². The van der Waals surface area contributed by atoms with Crippen LogP contribution in [0.15, 0.2) is 53.4 Å². The molecule has 0 aliphatic carbocycles. The lowest BCUT2D eigenvalue weighted by molar-refractivity contribution is 0.308. The summed E-state index contributed by atoms with van der Waals surface area (Å²) in [5.74, 6) is 0.722. The van der Waals surface area contributed by atoms with Crippen LogP contribution in [0.1, 0.15) is 5.56 Å². The quantitative estimate of drug-likeness (QED) is 0.698. The van der Waals surface area contributed by atoms with Crippen LogP contribution in [0.5, 0.6) is 5.75 Å². The third-order valence-corrected chi connectivity index (χ3v) is 3.18. The minimum absolute atomic E-state index is 0.519. The Bertz CT molecular complexity index is 666. The molecule has 0 aliphatic heterocycles. The molecule has 18 heavy (non-hydrogen) atoms. The lowest BCUT2D eigenvalue weighted by Gasteiger charge is -2.07. The number of ether oxygens (including phenoxy) is 1. The Balaban J connectivity index is 1.87. The van der Waals surface area contributed by atoms with E-state index in [4.69, 9.17) is 4.74 Å². The Morgan fingerprint density at radius 1 is 1.11 bits per heavy atom. The average molecular weight is 304 g/mol. The van der Waals surface area contributed by atoms with Crippen molar-refractivity contribution in [2.24, 2.45) is 0 Å². The molecule has 0 unspecified atom stereocenters. The van der Waals surface area contributed by atoms with Gasteiger partial charge in [-0.25, -0.2) is 9.50 Å². The molecular weight excluding hydrogens is 294 g/mol. The molecule has 0 amide bonds. The molecule has 0 fully saturated rings. The van der Waals surface area contributed by atoms with Crippen LogP contribution >= 0.6 is 15.9 Å². The first-order valence-corrected chi connectivity index (χ1v) is 6.29. The second-order valence-electron chi connectivity index (χ2n) is 3.79. The predicted octanol–water partition coefficient (Wildman–Crippen LogP) is 3.07. The standard InChI is InChI=1S/C13H10BrN3O/c14-12-7-6-11(13-15-9-16-17(12)13)18-8-10-4-2-1-3-5-10/h1-7,9H,8H2. The topological polar surface area (TPSA) is 39.4 Å². The van der Waals surface area contributed by atoms with Crippen molar-refractivity contribution in [2.45, 2.75) is 6.61 Å². The maximum atomic E-state index is 5.77. The number of halogens is 1. The molecule has 0 aliphatic rings. The van der Waals surface area contributed by atoms with Gasteiger partial charge in [-0.05, 0) is 33.6 Å². The monoisotopic (exact) mass is 303 g/mol. The number of hydrogen-bond acceptors (Lipinski definition) is 3. The van der Waals surface area contributed by atoms with Gasteiger partial charge in [0, 0.05) is 0 Å². The van der Waals surface area contributed by atoms with Crippen LogP contribution in [0.2, 0.25) is 0 Å². The summed E-state index contributed by atoms with van der Waals surface area (Å²) in [7, 11) is 0. The summed E-state index contributed by atoms with van der Waals surface area (Å²) >= 11 is 3.41. The highest BCUT2D eigenvalue weighted by atomic mass is 79.9. The number of pyridine rings is 1. The molecule has 0 N–H and O–H groups in total. The van der Waals surface area contributed by atoms with Crippen LogP contribution in [-0.4, -0.2) is 14.6 Å². The molecule has 0 radical (unpaired) electrons. The normalized spacial score (nSPS) is 10.7. The van der Waals surface area contributed by atoms with Gasteiger partial charge in [0.1, 0.15) is 17.5 Å². The second kappa shape index (κ2) is 4.78. The average Bonchev–Trinajstić information content (AvgIpc) is 2.90. The van der Waals surface area contributed by atoms with E-state index >= 15 is 0 Å². The lowest BCUT2D eigenvalue weighted by atomic mass is 10.2. The van der Waals surface area contributed by atoms with E-state index in [0.29, 0.717) is 12.3 Å². The highest BCUT2D eigenvalue weighted by molar-refractivity contribution is 9.10. The van der Waals surface area contributed by atoms with Crippen LogP contribution in [0.4, 0.5) is 0 Å². The third kappa shape index (κ3) is 2.09. The molecular formula is C13H10BrN3O. The molecule has 0 spiro atoms. The largest absolute Gasteiger partial charge is 0.485 e. The fraction of sp³-hybridized carbons (Fsp3) is 0.0769. The highest BCUT2D eigenvalue weighted by Gasteiger charge is 2.07. The van der Waals surface area contributed by atoms with E-state index < -0.39 is 0 Å². The molecule has 4 nitrogen and oxygen atoms in total. The maximum absolute atomic E-state index is 5.77. The zero-order valence-corrected chi connectivity index (χ0v) is 11.0. The molecule has 0 saturated carbocycles. The summed E-state index contributed by atoms with van der Waals surface area (Å²) in [6, 6.07) is 13.8. The maximum Gasteiger partial charge on any atom is 0.198 e. The first kappa shape index (κ1) is 11.2. The van der Waals surface area contributed by atoms with Crippen molar-refractivity contribution in [3.63, 3.8) is 0 Å². The summed E-state index contributed by atoms with van der Waals surface area (Å²) in [4.78, 5) is 4.19. The number of rotatable bonds is 3. The summed E-state index contributed by atoms with van der Waals surface area (Å²) in [5.41, 5.74) is 1.83. The Kier molecular flexibility index (Phi) is 2.98. The van der Waals surface area contributed by atoms with Crippen molar-refractivity contribution < 1.29 is 4.74 Å². The third-order valence-electron chi connectivity index (χ3n) is 2.58. The smallest absolute Gasteiger partial charge is 0.198 e. The first-order chi connectivity index (χ1) is 8.84. The predicted molar refractivity (Wildman–Crippen MR) is 71.5 cm³/mol. The molecule has 1 aromatic carbocycles. The van der Waals surface area contributed by atoms with E-state index in [1.54, 1.807) is 4.52 Å². The van der Waals surface area contributed by atoms with E-state index in [-0.39, 0.29) is 0 Å². The van der Waals surface area contributed by atoms with Crippen molar-refractivity contribution in [1.29, 1.82) is 0 Å². The van der Waals surface area contributed by atoms with Gasteiger partial charge in [0.15, 0.2) is 11.4 Å². The van der Waals surface area contributed by atoms with E-state index in [1.165, 1.54) is 6.33 Å². The van der Waals surface area contributed by atoms with E-state index in [2.05, 4.69) is 26.0 Å². The fourth-order valence-corrected chi connectivity index (χ4v) is 2.10. The second-order valence-corrected chi connectivity index (χ2v) is 4.60. The van der Waals surface area contributed by atoms with Crippen molar-refractivity contribution in [3.05, 3.63) is 59.0 Å². The van der Waals surface area contributed by atoms with E-state index in [1.807, 2.05) is 42.5 Å². The van der Waals surface area contributed by atoms with Crippen LogP contribution < -0.4 is 4.74 Å². The number of aromatic nitrogens is 3. The van der Waals surface area contributed by atoms with Crippen molar-refractivity contribution in [1.82, 2.24) is 14.6 Å². The number of hydrogen-bond donors (Lipinski definition) is 0. The van der Waals surface area contributed by atoms with E-state index in [9.17, 15) is 0 Å². The molecule has 5 heteroatoms. The zero-order chi connectivity index (χ0) is 12.4. The Morgan fingerprint density at radius 3 is 2.78 bits per heavy atom. The Morgan fingerprint density at radius 2 is 1.94 bits per heavy atom. The van der Waals surface area contributed by atoms with Crippen LogP contribution in [0, 0.1) is 0 Å². The molecule has 3 rings (SSSR count). The SMILES string of the molecule is Brc1ccc(OCc2ccccc2)c2ncnn12. The number of nitrogens with zero attached hydrogens (tertiary/aromatic N) is 3. The minimum Gasteiger partial charge on any atom is -0.485 e. The van der Waals surface area contributed by atoms with Crippen molar-refractivity contribution in [2.75, 3.05) is 0 Å². The van der Waals surface area contributed by atoms with E-state index in [0.717, 1.165) is 15.9 Å². The van der Waals surface area contributed by atoms with Gasteiger partial charge < -0.3 is 4.74 Å². The van der Waals surface area contributed by atoms with Gasteiger partial charge in [0.2, 0.25) is 0 Å². The van der Waals surface area contributed by atoms with Crippen molar-refractivity contribution >= 4 is 21.6 Å². The Hall–Kier alpha value is -1.88. The molecule has 0 atom stereocenters. The molecule has 90 valence electrons.